The summed E-state index contributed by atoms with van der Waals surface area (Å²) in [4.78, 5) is 19.7. The lowest BCUT2D eigenvalue weighted by atomic mass is 10.0. The highest BCUT2D eigenvalue weighted by molar-refractivity contribution is 5.94. The third-order valence-electron chi connectivity index (χ3n) is 5.81. The molecule has 0 spiro atoms. The van der Waals surface area contributed by atoms with Crippen LogP contribution in [-0.2, 0) is 19.8 Å². The summed E-state index contributed by atoms with van der Waals surface area (Å²) in [6, 6.07) is 13.5. The van der Waals surface area contributed by atoms with E-state index in [0.717, 1.165) is 45.6 Å². The Labute approximate surface area is 198 Å². The highest BCUT2D eigenvalue weighted by Gasteiger charge is 2.30. The molecule has 6 nitrogen and oxygen atoms in total. The minimum Gasteiger partial charge on any atom is -0.457 e. The predicted octanol–water partition coefficient (Wildman–Crippen LogP) is 5.90. The number of imidazole rings is 1. The number of nitrogens with one attached hydrogen (secondary N) is 1. The fraction of sp³-hybridized carbons (Fsp3) is 0.154. The second-order valence-electron chi connectivity index (χ2n) is 8.35. The Morgan fingerprint density at radius 2 is 1.80 bits per heavy atom. The van der Waals surface area contributed by atoms with E-state index < -0.39 is 11.7 Å². The number of H-pyrrole nitrogens is 1. The fourth-order valence-corrected chi connectivity index (χ4v) is 4.16. The number of ether oxygens (including phenoxy) is 1. The summed E-state index contributed by atoms with van der Waals surface area (Å²) in [5.74, 6) is 0.775. The second kappa shape index (κ2) is 8.50. The maximum Gasteiger partial charge on any atom is 0.416 e. The first-order chi connectivity index (χ1) is 16.7. The van der Waals surface area contributed by atoms with Gasteiger partial charge < -0.3 is 18.9 Å². The van der Waals surface area contributed by atoms with E-state index in [2.05, 4.69) is 9.97 Å². The average molecular weight is 478 g/mol. The van der Waals surface area contributed by atoms with Gasteiger partial charge in [0.15, 0.2) is 0 Å². The zero-order chi connectivity index (χ0) is 24.7. The van der Waals surface area contributed by atoms with Crippen molar-refractivity contribution in [1.29, 1.82) is 0 Å². The third kappa shape index (κ3) is 4.44. The number of halogens is 3. The standard InChI is InChI=1S/C26H21F3N4O2/c1-16-9-17(11-21(10-16)35-20-5-3-18(4-6-20)26(27,28)29)22-14-33(13-19-12-30-15-31-19)23-7-8-24(34)32(2)25(22)23/h3-12,14-15H,13H2,1-2H3,(H,30,31). The molecule has 0 aliphatic rings. The number of rotatable bonds is 5. The summed E-state index contributed by atoms with van der Waals surface area (Å²) in [5, 5.41) is 0. The molecule has 0 saturated carbocycles. The molecule has 3 heterocycles. The second-order valence-corrected chi connectivity index (χ2v) is 8.35. The molecule has 1 N–H and O–H groups in total. The van der Waals surface area contributed by atoms with Crippen LogP contribution in [0, 0.1) is 6.92 Å². The first kappa shape index (κ1) is 22.5. The topological polar surface area (TPSA) is 64.8 Å². The Hall–Kier alpha value is -4.27. The van der Waals surface area contributed by atoms with E-state index in [1.807, 2.05) is 42.1 Å². The molecule has 0 radical (unpaired) electrons. The molecule has 178 valence electrons. The largest absolute Gasteiger partial charge is 0.457 e. The van der Waals surface area contributed by atoms with Gasteiger partial charge in [-0.1, -0.05) is 6.07 Å². The first-order valence-corrected chi connectivity index (χ1v) is 10.8. The SMILES string of the molecule is Cc1cc(Oc2ccc(C(F)(F)F)cc2)cc(-c2cn(Cc3c[nH]cn3)c3ccc(=O)n(C)c23)c1. The number of nitrogens with zero attached hydrogens (tertiary/aromatic N) is 3. The van der Waals surface area contributed by atoms with Crippen LogP contribution >= 0.6 is 0 Å². The van der Waals surface area contributed by atoms with Crippen LogP contribution in [0.25, 0.3) is 22.2 Å². The van der Waals surface area contributed by atoms with Gasteiger partial charge in [0, 0.05) is 31.1 Å². The van der Waals surface area contributed by atoms with Gasteiger partial charge in [-0.3, -0.25) is 4.79 Å². The zero-order valence-electron chi connectivity index (χ0n) is 18.9. The van der Waals surface area contributed by atoms with Crippen LogP contribution in [-0.4, -0.2) is 19.1 Å². The number of hydrogen-bond donors (Lipinski definition) is 1. The van der Waals surface area contributed by atoms with Crippen LogP contribution in [0.4, 0.5) is 13.2 Å². The number of hydrogen-bond acceptors (Lipinski definition) is 3. The van der Waals surface area contributed by atoms with Crippen molar-refractivity contribution in [3.63, 3.8) is 0 Å². The minimum absolute atomic E-state index is 0.134. The van der Waals surface area contributed by atoms with Crippen molar-refractivity contribution in [3.8, 4) is 22.6 Å². The van der Waals surface area contributed by atoms with E-state index in [-0.39, 0.29) is 5.56 Å². The van der Waals surface area contributed by atoms with E-state index in [0.29, 0.717) is 18.0 Å². The van der Waals surface area contributed by atoms with E-state index >= 15 is 0 Å². The number of benzene rings is 2. The molecule has 2 aromatic carbocycles. The van der Waals surface area contributed by atoms with Crippen molar-refractivity contribution in [3.05, 3.63) is 100 Å². The monoisotopic (exact) mass is 478 g/mol. The quantitative estimate of drug-likeness (QED) is 0.342. The molecular formula is C26H21F3N4O2. The van der Waals surface area contributed by atoms with Crippen LogP contribution in [0.15, 0.2) is 78.1 Å². The first-order valence-electron chi connectivity index (χ1n) is 10.8. The summed E-state index contributed by atoms with van der Waals surface area (Å²) in [6.07, 6.45) is 0.990. The van der Waals surface area contributed by atoms with Crippen molar-refractivity contribution in [2.45, 2.75) is 19.6 Å². The van der Waals surface area contributed by atoms with Crippen molar-refractivity contribution < 1.29 is 17.9 Å². The molecule has 0 saturated heterocycles. The number of fused-ring (bicyclic) bond motifs is 1. The van der Waals surface area contributed by atoms with E-state index in [1.165, 1.54) is 18.2 Å². The molecule has 5 aromatic rings. The molecule has 0 aliphatic carbocycles. The van der Waals surface area contributed by atoms with E-state index in [1.54, 1.807) is 24.0 Å². The van der Waals surface area contributed by atoms with Crippen LogP contribution in [0.2, 0.25) is 0 Å². The summed E-state index contributed by atoms with van der Waals surface area (Å²) < 4.78 is 48.1. The molecule has 3 aromatic heterocycles. The van der Waals surface area contributed by atoms with Crippen molar-refractivity contribution in [2.24, 2.45) is 7.05 Å². The van der Waals surface area contributed by atoms with Gasteiger partial charge in [0.05, 0.1) is 35.2 Å². The Morgan fingerprint density at radius 3 is 2.49 bits per heavy atom. The molecule has 0 aliphatic heterocycles. The molecule has 5 rings (SSSR count). The number of aromatic amines is 1. The van der Waals surface area contributed by atoms with Gasteiger partial charge in [-0.15, -0.1) is 0 Å². The van der Waals surface area contributed by atoms with Crippen molar-refractivity contribution in [2.75, 3.05) is 0 Å². The molecule has 0 bridgehead atoms. The van der Waals surface area contributed by atoms with Crippen LogP contribution < -0.4 is 10.3 Å². The maximum absolute atomic E-state index is 12.9. The molecule has 9 heteroatoms. The average Bonchev–Trinajstić information content (AvgIpc) is 3.44. The lowest BCUT2D eigenvalue weighted by molar-refractivity contribution is -0.137. The van der Waals surface area contributed by atoms with Gasteiger partial charge in [-0.25, -0.2) is 4.98 Å². The maximum atomic E-state index is 12.9. The van der Waals surface area contributed by atoms with Gasteiger partial charge in [0.2, 0.25) is 0 Å². The number of pyridine rings is 1. The smallest absolute Gasteiger partial charge is 0.416 e. The van der Waals surface area contributed by atoms with Gasteiger partial charge in [0.25, 0.3) is 5.56 Å². The summed E-state index contributed by atoms with van der Waals surface area (Å²) >= 11 is 0. The van der Waals surface area contributed by atoms with E-state index in [4.69, 9.17) is 4.74 Å². The van der Waals surface area contributed by atoms with Crippen LogP contribution in [0.5, 0.6) is 11.5 Å². The normalized spacial score (nSPS) is 11.8. The highest BCUT2D eigenvalue weighted by atomic mass is 19.4. The molecule has 0 fully saturated rings. The summed E-state index contributed by atoms with van der Waals surface area (Å²) in [7, 11) is 1.72. The van der Waals surface area contributed by atoms with E-state index in [9.17, 15) is 18.0 Å². The molecule has 0 unspecified atom stereocenters. The Kier molecular flexibility index (Phi) is 5.47. The van der Waals surface area contributed by atoms with Crippen LogP contribution in [0.1, 0.15) is 16.8 Å². The number of aryl methyl sites for hydroxylation is 2. The molecule has 0 amide bonds. The summed E-state index contributed by atoms with van der Waals surface area (Å²) in [5.41, 5.74) is 4.16. The minimum atomic E-state index is -4.41. The number of alkyl halides is 3. The predicted molar refractivity (Wildman–Crippen MR) is 127 cm³/mol. The highest BCUT2D eigenvalue weighted by Crippen LogP contribution is 2.35. The van der Waals surface area contributed by atoms with Crippen LogP contribution in [0.3, 0.4) is 0 Å². The Balaban J connectivity index is 1.57. The lowest BCUT2D eigenvalue weighted by Crippen LogP contribution is -2.15. The molecular weight excluding hydrogens is 457 g/mol. The molecule has 0 atom stereocenters. The fourth-order valence-electron chi connectivity index (χ4n) is 4.16. The van der Waals surface area contributed by atoms with Gasteiger partial charge in [-0.05, 0) is 60.5 Å². The third-order valence-corrected chi connectivity index (χ3v) is 5.81. The molecule has 35 heavy (non-hydrogen) atoms. The van der Waals surface area contributed by atoms with Crippen molar-refractivity contribution in [1.82, 2.24) is 19.1 Å². The van der Waals surface area contributed by atoms with Crippen molar-refractivity contribution >= 4 is 11.0 Å². The van der Waals surface area contributed by atoms with Gasteiger partial charge >= 0.3 is 6.18 Å². The Bertz CT molecular complexity index is 1560. The number of aromatic nitrogens is 4. The van der Waals surface area contributed by atoms with Gasteiger partial charge in [0.1, 0.15) is 11.5 Å². The lowest BCUT2D eigenvalue weighted by Gasteiger charge is -2.11. The summed E-state index contributed by atoms with van der Waals surface area (Å²) in [6.45, 7) is 2.42. The Morgan fingerprint density at radius 1 is 1.03 bits per heavy atom. The van der Waals surface area contributed by atoms with Gasteiger partial charge in [-0.2, -0.15) is 13.2 Å². The zero-order valence-corrected chi connectivity index (χ0v) is 18.9.